The average Bonchev–Trinajstić information content (AvgIpc) is 2.65. The van der Waals surface area contributed by atoms with Crippen LogP contribution in [0.15, 0.2) is 42.5 Å². The molecule has 3 aromatic carbocycles. The fourth-order valence-corrected chi connectivity index (χ4v) is 5.24. The van der Waals surface area contributed by atoms with E-state index in [4.69, 9.17) is 10.6 Å². The predicted octanol–water partition coefficient (Wildman–Crippen LogP) is 9.95. The molecule has 0 N–H and O–H groups in total. The van der Waals surface area contributed by atoms with Gasteiger partial charge in [0, 0.05) is 17.4 Å². The first kappa shape index (κ1) is 34.1. The molecule has 3 aromatic rings. The van der Waals surface area contributed by atoms with Crippen LogP contribution >= 0.6 is 0 Å². The van der Waals surface area contributed by atoms with Crippen molar-refractivity contribution in [3.05, 3.63) is 107 Å². The van der Waals surface area contributed by atoms with Crippen molar-refractivity contribution < 1.29 is 0 Å². The van der Waals surface area contributed by atoms with Gasteiger partial charge >= 0.3 is 0 Å². The minimum absolute atomic E-state index is 0. The van der Waals surface area contributed by atoms with Crippen LogP contribution in [-0.2, 0) is 0 Å². The molecular weight excluding hydrogens is 451 g/mol. The molecule has 36 heavy (non-hydrogen) atoms. The maximum Gasteiger partial charge on any atom is 0 e. The Morgan fingerprint density at radius 2 is 0.861 bits per heavy atom. The summed E-state index contributed by atoms with van der Waals surface area (Å²) in [6.07, 6.45) is -0.212. The Morgan fingerprint density at radius 1 is 0.556 bits per heavy atom. The summed E-state index contributed by atoms with van der Waals surface area (Å²) < 4.78 is 0. The number of hydrogen-bond donors (Lipinski definition) is 0. The number of nitrogens with zero attached hydrogens (tertiary/aromatic N) is 2. The number of rotatable bonds is 7. The molecule has 3 radical (unpaired) electrons. The third-order valence-corrected chi connectivity index (χ3v) is 6.14. The maximum atomic E-state index is 5.15. The molecule has 0 unspecified atom stereocenters. The van der Waals surface area contributed by atoms with E-state index in [1.165, 1.54) is 61.2 Å². The van der Waals surface area contributed by atoms with E-state index in [1.807, 2.05) is 0 Å². The largest absolute Gasteiger partial charge is 0.672 e. The molecule has 2 nitrogen and oxygen atoms in total. The van der Waals surface area contributed by atoms with Gasteiger partial charge in [-0.2, -0.15) is 0 Å². The van der Waals surface area contributed by atoms with Crippen LogP contribution in [0, 0.1) is 56.4 Å². The van der Waals surface area contributed by atoms with Crippen LogP contribution in [0.3, 0.4) is 0 Å². The number of hydrogen-bond acceptors (Lipinski definition) is 0. The first-order valence-corrected chi connectivity index (χ1v) is 12.2. The smallest absolute Gasteiger partial charge is 0 e. The third kappa shape index (κ3) is 7.56. The molecule has 0 amide bonds. The summed E-state index contributed by atoms with van der Waals surface area (Å²) in [4.78, 5) is 0. The van der Waals surface area contributed by atoms with E-state index in [9.17, 15) is 0 Å². The quantitative estimate of drug-likeness (QED) is 0.229. The minimum Gasteiger partial charge on any atom is -0.672 e. The lowest BCUT2D eigenvalue weighted by atomic mass is 9.83. The van der Waals surface area contributed by atoms with Gasteiger partial charge in [0.15, 0.2) is 0 Å². The molecule has 0 aliphatic rings. The molecule has 0 fully saturated rings. The highest BCUT2D eigenvalue weighted by Crippen LogP contribution is 2.46. The van der Waals surface area contributed by atoms with Gasteiger partial charge in [0.05, 0.1) is 0 Å². The maximum absolute atomic E-state index is 5.15. The summed E-state index contributed by atoms with van der Waals surface area (Å²) >= 11 is 0. The number of aryl methyl sites for hydroxylation is 6. The van der Waals surface area contributed by atoms with Crippen LogP contribution in [0.25, 0.3) is 32.9 Å². The molecule has 0 heterocycles. The van der Waals surface area contributed by atoms with Gasteiger partial charge in [-0.05, 0) is 86.1 Å². The molecule has 3 heteroatoms. The van der Waals surface area contributed by atoms with Crippen LogP contribution < -0.4 is 0 Å². The zero-order valence-electron chi connectivity index (χ0n) is 24.7. The van der Waals surface area contributed by atoms with Crippen LogP contribution in [0.5, 0.6) is 0 Å². The van der Waals surface area contributed by atoms with E-state index in [-0.39, 0.29) is 50.5 Å². The summed E-state index contributed by atoms with van der Waals surface area (Å²) in [6.45, 7) is 21.8. The molecule has 3 rings (SSSR count). The second-order valence-corrected chi connectivity index (χ2v) is 10.2. The third-order valence-electron chi connectivity index (χ3n) is 6.14. The highest BCUT2D eigenvalue weighted by atomic mass is 27.0. The van der Waals surface area contributed by atoms with Crippen molar-refractivity contribution in [1.29, 1.82) is 0 Å². The van der Waals surface area contributed by atoms with Crippen molar-refractivity contribution in [2.24, 2.45) is 0 Å². The predicted molar refractivity (Wildman–Crippen MR) is 164 cm³/mol. The molecule has 0 atom stereocenters. The molecule has 0 spiro atoms. The van der Waals surface area contributed by atoms with Crippen molar-refractivity contribution in [3.8, 4) is 22.3 Å². The van der Waals surface area contributed by atoms with Gasteiger partial charge in [-0.15, -0.1) is 12.1 Å². The van der Waals surface area contributed by atoms with Crippen molar-refractivity contribution in [1.82, 2.24) is 0 Å². The first-order valence-electron chi connectivity index (χ1n) is 12.2. The molecule has 0 saturated carbocycles. The lowest BCUT2D eigenvalue weighted by Crippen LogP contribution is -2.11. The Morgan fingerprint density at radius 3 is 1.14 bits per heavy atom. The molecule has 195 valence electrons. The lowest BCUT2D eigenvalue weighted by molar-refractivity contribution is 0.745. The van der Waals surface area contributed by atoms with Crippen LogP contribution in [-0.4, -0.2) is 29.4 Å². The molecular formula is C33H46AlN2-4. The first-order chi connectivity index (χ1) is 15.5. The summed E-state index contributed by atoms with van der Waals surface area (Å²) in [6, 6.07) is 16.3. The van der Waals surface area contributed by atoms with Crippen molar-refractivity contribution >= 4 is 17.4 Å². The van der Waals surface area contributed by atoms with E-state index in [1.54, 1.807) is 0 Å². The van der Waals surface area contributed by atoms with E-state index < -0.39 is 0 Å². The Labute approximate surface area is 233 Å². The highest BCUT2D eigenvalue weighted by Gasteiger charge is 2.18. The Hall–Kier alpha value is -1.89. The molecule has 0 aliphatic heterocycles. The summed E-state index contributed by atoms with van der Waals surface area (Å²) in [5, 5.41) is 10.3. The van der Waals surface area contributed by atoms with Gasteiger partial charge in [-0.1, -0.05) is 86.8 Å². The average molecular weight is 498 g/mol. The van der Waals surface area contributed by atoms with Crippen molar-refractivity contribution in [2.75, 3.05) is 0 Å². The summed E-state index contributed by atoms with van der Waals surface area (Å²) in [7, 11) is 0. The van der Waals surface area contributed by atoms with Gasteiger partial charge in [-0.25, -0.2) is 6.17 Å². The van der Waals surface area contributed by atoms with Crippen molar-refractivity contribution in [2.45, 2.75) is 87.5 Å². The van der Waals surface area contributed by atoms with Crippen LogP contribution in [0.1, 0.15) is 72.8 Å². The zero-order chi connectivity index (χ0) is 24.4. The van der Waals surface area contributed by atoms with E-state index in [2.05, 4.69) is 112 Å². The monoisotopic (exact) mass is 497 g/mol. The Kier molecular flexibility index (Phi) is 13.4. The second-order valence-electron chi connectivity index (χ2n) is 10.2. The molecule has 0 aliphatic carbocycles. The SMILES string of the molecule is Cc1cc(C)c(-c2cccc(-c3c(C)cc(C)cc3C)c2C([N-]C(C)C)[N-]C(C)C)c(C)c1.[Al].[CH3-].[CH3-]. The summed E-state index contributed by atoms with van der Waals surface area (Å²) in [5.74, 6) is 0. The van der Waals surface area contributed by atoms with E-state index >= 15 is 0 Å². The minimum atomic E-state index is -0.212. The zero-order valence-corrected chi connectivity index (χ0v) is 25.9. The van der Waals surface area contributed by atoms with Crippen LogP contribution in [0.2, 0.25) is 0 Å². The Bertz CT molecular complexity index is 1010. The summed E-state index contributed by atoms with van der Waals surface area (Å²) in [5.41, 5.74) is 14.1. The van der Waals surface area contributed by atoms with Gasteiger partial charge in [0.25, 0.3) is 0 Å². The van der Waals surface area contributed by atoms with Gasteiger partial charge in [0.1, 0.15) is 0 Å². The van der Waals surface area contributed by atoms with E-state index in [0.717, 1.165) is 0 Å². The van der Waals surface area contributed by atoms with Gasteiger partial charge in [-0.3, -0.25) is 0 Å². The molecule has 0 bridgehead atoms. The van der Waals surface area contributed by atoms with E-state index in [0.29, 0.717) is 0 Å². The topological polar surface area (TPSA) is 28.2 Å². The van der Waals surface area contributed by atoms with Gasteiger partial charge < -0.3 is 25.5 Å². The van der Waals surface area contributed by atoms with Crippen LogP contribution in [0.4, 0.5) is 0 Å². The lowest BCUT2D eigenvalue weighted by Gasteiger charge is -2.51. The normalized spacial score (nSPS) is 10.8. The molecule has 0 saturated heterocycles. The fourth-order valence-electron chi connectivity index (χ4n) is 5.24. The second kappa shape index (κ2) is 14.2. The highest BCUT2D eigenvalue weighted by molar-refractivity contribution is 5.85. The number of benzene rings is 3. The van der Waals surface area contributed by atoms with Gasteiger partial charge in [0.2, 0.25) is 0 Å². The van der Waals surface area contributed by atoms with Crippen molar-refractivity contribution in [3.63, 3.8) is 0 Å². The fraction of sp³-hybridized carbons (Fsp3) is 0.394. The standard InChI is InChI=1S/C31H40N2.2CH3.Al/c1-18(2)32-31(33-19(3)4)30-26(28-22(7)14-20(5)15-23(28)8)12-11-13-27(30)29-24(9)16-21(6)17-25(29)10;;;/h11-19,31H,1-10H3;2*1H3;/q-2;2*-1;. The Balaban J connectivity index is 0.00000408. The molecule has 0 aromatic heterocycles.